The summed E-state index contributed by atoms with van der Waals surface area (Å²) in [6.45, 7) is 9.35. The molecule has 268 valence electrons. The predicted octanol–water partition coefficient (Wildman–Crippen LogP) is 6.68. The first-order valence-electron chi connectivity index (χ1n) is 16.4. The van der Waals surface area contributed by atoms with Crippen molar-refractivity contribution in [1.82, 2.24) is 24.7 Å². The van der Waals surface area contributed by atoms with Gasteiger partial charge in [-0.1, -0.05) is 37.3 Å². The molecular weight excluding hydrogens is 679 g/mol. The third-order valence-corrected chi connectivity index (χ3v) is 9.50. The van der Waals surface area contributed by atoms with E-state index in [4.69, 9.17) is 24.2 Å². The maximum absolute atomic E-state index is 12.5. The van der Waals surface area contributed by atoms with Crippen molar-refractivity contribution in [3.05, 3.63) is 36.0 Å². The number of azo groups is 1. The van der Waals surface area contributed by atoms with Crippen LogP contribution in [0.2, 0.25) is 0 Å². The van der Waals surface area contributed by atoms with Crippen LogP contribution >= 0.6 is 24.0 Å². The number of nitriles is 1. The van der Waals surface area contributed by atoms with E-state index in [1.165, 1.54) is 16.0 Å². The van der Waals surface area contributed by atoms with E-state index in [0.717, 1.165) is 23.1 Å². The number of hydrogen-bond acceptors (Lipinski definition) is 16. The van der Waals surface area contributed by atoms with Crippen LogP contribution in [-0.4, -0.2) is 88.1 Å². The highest BCUT2D eigenvalue weighted by Gasteiger charge is 2.25. The van der Waals surface area contributed by atoms with Gasteiger partial charge >= 0.3 is 5.97 Å². The molecule has 0 aliphatic rings. The van der Waals surface area contributed by atoms with Gasteiger partial charge in [0.15, 0.2) is 17.3 Å². The number of ether oxygens (including phenoxy) is 3. The van der Waals surface area contributed by atoms with Crippen molar-refractivity contribution in [2.75, 3.05) is 56.5 Å². The Morgan fingerprint density at radius 3 is 2.44 bits per heavy atom. The molecule has 0 aliphatic heterocycles. The molecule has 0 amide bonds. The second kappa shape index (κ2) is 18.6. The Labute approximate surface area is 301 Å². The summed E-state index contributed by atoms with van der Waals surface area (Å²) in [7, 11) is 3.24. The number of thiazole rings is 1. The molecule has 0 saturated heterocycles. The first-order valence-corrected chi connectivity index (χ1v) is 17.7. The second-order valence-corrected chi connectivity index (χ2v) is 13.7. The summed E-state index contributed by atoms with van der Waals surface area (Å²) in [5.74, 6) is 0.899. The van der Waals surface area contributed by atoms with Crippen molar-refractivity contribution < 1.29 is 19.0 Å². The minimum atomic E-state index is -0.376. The number of carbonyl (C=O) groups is 1. The van der Waals surface area contributed by atoms with Gasteiger partial charge in [-0.3, -0.25) is 4.79 Å². The number of hydrogen-bond donors (Lipinski definition) is 4. The summed E-state index contributed by atoms with van der Waals surface area (Å²) in [6.07, 6.45) is 3.86. The number of fused-ring (bicyclic) bond motifs is 1. The van der Waals surface area contributed by atoms with Gasteiger partial charge in [0.1, 0.15) is 11.6 Å². The van der Waals surface area contributed by atoms with Crippen LogP contribution < -0.4 is 16.0 Å². The number of nitrogens with zero attached hydrogens (tertiary/aromatic N) is 8. The average Bonchev–Trinajstić information content (AvgIpc) is 3.72. The highest BCUT2D eigenvalue weighted by Crippen LogP contribution is 2.35. The predicted molar refractivity (Wildman–Crippen MR) is 199 cm³/mol. The van der Waals surface area contributed by atoms with Crippen molar-refractivity contribution in [2.24, 2.45) is 10.2 Å². The Morgan fingerprint density at radius 2 is 1.76 bits per heavy atom. The largest absolute Gasteiger partial charge is 0.466 e. The van der Waals surface area contributed by atoms with E-state index in [9.17, 15) is 10.1 Å². The van der Waals surface area contributed by atoms with Crippen LogP contribution in [0.3, 0.4) is 0 Å². The number of methoxy groups -OCH3 is 2. The number of anilines is 3. The lowest BCUT2D eigenvalue weighted by Crippen LogP contribution is -2.25. The number of nitrogens with one attached hydrogen (secondary N) is 3. The van der Waals surface area contributed by atoms with Gasteiger partial charge in [0.05, 0.1) is 42.7 Å². The lowest BCUT2D eigenvalue weighted by molar-refractivity contribution is -0.144. The fourth-order valence-corrected chi connectivity index (χ4v) is 5.85. The molecule has 15 nitrogen and oxygen atoms in total. The van der Waals surface area contributed by atoms with E-state index in [0.29, 0.717) is 54.6 Å². The number of para-hydroxylation sites is 1. The van der Waals surface area contributed by atoms with Crippen molar-refractivity contribution in [3.8, 4) is 11.2 Å². The summed E-state index contributed by atoms with van der Waals surface area (Å²) in [4.78, 5) is 26.5. The molecule has 0 bridgehead atoms. The smallest absolute Gasteiger partial charge is 0.307 e. The van der Waals surface area contributed by atoms with Crippen molar-refractivity contribution >= 4 is 69.2 Å². The molecule has 4 rings (SSSR count). The SMILES string of the molecule is CCC(S)(CC)CC(=O)OCCCNc1nc(NC(C)COC)nc(NC(C)COC)c1N=Nc1nn(-c2nc3ccccc3s2)cc1C#N. The maximum atomic E-state index is 12.5. The molecule has 0 radical (unpaired) electrons. The number of aromatic nitrogens is 5. The van der Waals surface area contributed by atoms with E-state index >= 15 is 0 Å². The number of benzene rings is 1. The van der Waals surface area contributed by atoms with Gasteiger partial charge < -0.3 is 30.2 Å². The highest BCUT2D eigenvalue weighted by molar-refractivity contribution is 7.81. The Hall–Kier alpha value is -4.37. The second-order valence-electron chi connectivity index (χ2n) is 11.8. The van der Waals surface area contributed by atoms with Gasteiger partial charge in [-0.25, -0.2) is 9.67 Å². The van der Waals surface area contributed by atoms with E-state index in [2.05, 4.69) is 55.0 Å². The summed E-state index contributed by atoms with van der Waals surface area (Å²) < 4.78 is 18.3. The number of carbonyl (C=O) groups excluding carboxylic acids is 1. The molecule has 17 heteroatoms. The molecule has 4 aromatic rings. The van der Waals surface area contributed by atoms with E-state index in [1.807, 2.05) is 52.0 Å². The molecule has 2 atom stereocenters. The van der Waals surface area contributed by atoms with Gasteiger partial charge in [-0.2, -0.15) is 27.9 Å². The van der Waals surface area contributed by atoms with E-state index in [-0.39, 0.29) is 47.2 Å². The lowest BCUT2D eigenvalue weighted by atomic mass is 9.98. The average molecular weight is 724 g/mol. The molecule has 0 saturated carbocycles. The first-order chi connectivity index (χ1) is 24.1. The standard InChI is InChI=1S/C33H45N11O4S2/c1-7-33(49,8-2)16-26(45)48-15-11-14-35-29-27(30(36-21(3)19-46-5)40-31(39-29)37-22(4)20-47-6)41-42-28-23(17-34)18-44(43-28)32-38-24-12-9-10-13-25(24)50-32/h9-10,12-13,18,21-22,49H,7-8,11,14-16,19-20H2,1-6H3,(H3,35,36,37,39,40). The van der Waals surface area contributed by atoms with Crippen molar-refractivity contribution in [1.29, 1.82) is 5.26 Å². The number of esters is 1. The third kappa shape index (κ3) is 10.6. The van der Waals surface area contributed by atoms with Crippen LogP contribution in [-0.2, 0) is 19.0 Å². The van der Waals surface area contributed by atoms with Crippen LogP contribution in [0.1, 0.15) is 58.9 Å². The van der Waals surface area contributed by atoms with Gasteiger partial charge in [-0.15, -0.1) is 15.3 Å². The third-order valence-electron chi connectivity index (χ3n) is 7.68. The fraction of sp³-hybridized carbons (Fsp3) is 0.515. The zero-order chi connectivity index (χ0) is 36.1. The van der Waals surface area contributed by atoms with Crippen LogP contribution in [0.15, 0.2) is 40.7 Å². The number of thiol groups is 1. The molecule has 0 fully saturated rings. The Morgan fingerprint density at radius 1 is 1.06 bits per heavy atom. The monoisotopic (exact) mass is 723 g/mol. The molecule has 3 N–H and O–H groups in total. The minimum Gasteiger partial charge on any atom is -0.466 e. The Bertz CT molecular complexity index is 1750. The quantitative estimate of drug-likeness (QED) is 0.0329. The normalized spacial score (nSPS) is 12.9. The van der Waals surface area contributed by atoms with Gasteiger partial charge in [0.2, 0.25) is 16.9 Å². The van der Waals surface area contributed by atoms with Gasteiger partial charge in [0, 0.05) is 37.6 Å². The van der Waals surface area contributed by atoms with Crippen LogP contribution in [0, 0.1) is 11.3 Å². The van der Waals surface area contributed by atoms with Crippen molar-refractivity contribution in [2.45, 2.75) is 70.2 Å². The highest BCUT2D eigenvalue weighted by atomic mass is 32.1. The molecule has 50 heavy (non-hydrogen) atoms. The Kier molecular flexibility index (Phi) is 14.3. The number of rotatable bonds is 20. The summed E-state index contributed by atoms with van der Waals surface area (Å²) in [6, 6.07) is 9.65. The molecule has 0 spiro atoms. The molecule has 0 aliphatic carbocycles. The summed E-state index contributed by atoms with van der Waals surface area (Å²) in [5, 5.41) is 33.9. The van der Waals surface area contributed by atoms with Crippen LogP contribution in [0.4, 0.5) is 29.1 Å². The summed E-state index contributed by atoms with van der Waals surface area (Å²) >= 11 is 6.11. The zero-order valence-electron chi connectivity index (χ0n) is 29.3. The molecule has 2 unspecified atom stereocenters. The molecular formula is C33H45N11O4S2. The first kappa shape index (κ1) is 38.4. The van der Waals surface area contributed by atoms with Crippen LogP contribution in [0.5, 0.6) is 0 Å². The molecule has 3 heterocycles. The molecule has 1 aromatic carbocycles. The summed E-state index contributed by atoms with van der Waals surface area (Å²) in [5.41, 5.74) is 1.34. The fourth-order valence-electron chi connectivity index (χ4n) is 4.83. The van der Waals surface area contributed by atoms with E-state index in [1.54, 1.807) is 20.4 Å². The van der Waals surface area contributed by atoms with Crippen molar-refractivity contribution in [3.63, 3.8) is 0 Å². The Balaban J connectivity index is 1.63. The zero-order valence-corrected chi connectivity index (χ0v) is 31.0. The lowest BCUT2D eigenvalue weighted by Gasteiger charge is -2.24. The van der Waals surface area contributed by atoms with Gasteiger partial charge in [-0.05, 0) is 45.2 Å². The topological polar surface area (TPSA) is 186 Å². The maximum Gasteiger partial charge on any atom is 0.307 e. The van der Waals surface area contributed by atoms with Crippen LogP contribution in [0.25, 0.3) is 15.3 Å². The van der Waals surface area contributed by atoms with Gasteiger partial charge in [0.25, 0.3) is 0 Å². The molecule has 3 aromatic heterocycles. The minimum absolute atomic E-state index is 0.0983. The van der Waals surface area contributed by atoms with E-state index < -0.39 is 0 Å².